The molecule has 82 valence electrons. The van der Waals surface area contributed by atoms with E-state index in [9.17, 15) is 0 Å². The van der Waals surface area contributed by atoms with Crippen molar-refractivity contribution in [3.05, 3.63) is 18.3 Å². The van der Waals surface area contributed by atoms with Gasteiger partial charge in [-0.05, 0) is 25.8 Å². The van der Waals surface area contributed by atoms with Crippen LogP contribution in [-0.2, 0) is 0 Å². The molecule has 1 fully saturated rings. The number of nitrogens with one attached hydrogen (secondary N) is 2. The lowest BCUT2D eigenvalue weighted by atomic mass is 10.0. The Labute approximate surface area is 90.2 Å². The van der Waals surface area contributed by atoms with E-state index >= 15 is 0 Å². The second-order valence-electron chi connectivity index (χ2n) is 4.47. The first-order chi connectivity index (χ1) is 7.22. The summed E-state index contributed by atoms with van der Waals surface area (Å²) in [4.78, 5) is 4.08. The summed E-state index contributed by atoms with van der Waals surface area (Å²) in [5.74, 6) is 6.02. The van der Waals surface area contributed by atoms with Crippen molar-refractivity contribution < 1.29 is 0 Å². The lowest BCUT2D eigenvalue weighted by molar-refractivity contribution is 0.533. The molecule has 0 unspecified atom stereocenters. The zero-order valence-corrected chi connectivity index (χ0v) is 9.09. The van der Waals surface area contributed by atoms with Crippen LogP contribution in [0.15, 0.2) is 18.3 Å². The molecule has 4 N–H and O–H groups in total. The van der Waals surface area contributed by atoms with Gasteiger partial charge < -0.3 is 10.7 Å². The van der Waals surface area contributed by atoms with E-state index in [1.54, 1.807) is 6.20 Å². The van der Waals surface area contributed by atoms with Gasteiger partial charge in [0.25, 0.3) is 0 Å². The van der Waals surface area contributed by atoms with Crippen LogP contribution in [0.3, 0.4) is 0 Å². The first-order valence-corrected chi connectivity index (χ1v) is 5.43. The molecule has 0 atom stereocenters. The average Bonchev–Trinajstić information content (AvgIpc) is 2.65. The minimum atomic E-state index is 0.243. The Morgan fingerprint density at radius 3 is 2.80 bits per heavy atom. The fourth-order valence-corrected chi connectivity index (χ4v) is 2.22. The quantitative estimate of drug-likeness (QED) is 0.523. The first kappa shape index (κ1) is 10.2. The summed E-state index contributed by atoms with van der Waals surface area (Å²) in [7, 11) is 0. The smallest absolute Gasteiger partial charge is 0.141 e. The van der Waals surface area contributed by atoms with Crippen molar-refractivity contribution in [1.82, 2.24) is 4.98 Å². The van der Waals surface area contributed by atoms with Gasteiger partial charge in [0.15, 0.2) is 0 Å². The molecular weight excluding hydrogens is 188 g/mol. The van der Waals surface area contributed by atoms with Crippen LogP contribution < -0.4 is 16.6 Å². The Morgan fingerprint density at radius 1 is 1.40 bits per heavy atom. The van der Waals surface area contributed by atoms with Gasteiger partial charge in [0.1, 0.15) is 5.82 Å². The zero-order chi connectivity index (χ0) is 10.7. The number of nitrogens with two attached hydrogens (primary N) is 1. The maximum atomic E-state index is 5.32. The topological polar surface area (TPSA) is 63.0 Å². The number of aromatic nitrogens is 1. The highest BCUT2D eigenvalue weighted by Crippen LogP contribution is 2.32. The summed E-state index contributed by atoms with van der Waals surface area (Å²) in [6, 6.07) is 3.91. The SMILES string of the molecule is CC1(Nc2ccnc(NN)c2)CCCC1. The number of anilines is 2. The van der Waals surface area contributed by atoms with Gasteiger partial charge in [0, 0.05) is 23.5 Å². The van der Waals surface area contributed by atoms with Gasteiger partial charge in [-0.15, -0.1) is 0 Å². The van der Waals surface area contributed by atoms with Crippen molar-refractivity contribution in [2.75, 3.05) is 10.7 Å². The van der Waals surface area contributed by atoms with E-state index in [1.165, 1.54) is 25.7 Å². The standard InChI is InChI=1S/C11H18N4/c1-11(5-2-3-6-11)14-9-4-7-13-10(8-9)15-12/h4,7-8H,2-3,5-6,12H2,1H3,(H2,13,14,15). The van der Waals surface area contributed by atoms with Crippen LogP contribution in [0.4, 0.5) is 11.5 Å². The minimum absolute atomic E-state index is 0.243. The van der Waals surface area contributed by atoms with Gasteiger partial charge in [0.2, 0.25) is 0 Å². The second kappa shape index (κ2) is 4.06. The molecule has 0 aromatic carbocycles. The largest absolute Gasteiger partial charge is 0.380 e. The summed E-state index contributed by atoms with van der Waals surface area (Å²) < 4.78 is 0. The molecule has 1 aromatic rings. The van der Waals surface area contributed by atoms with Crippen molar-refractivity contribution in [2.45, 2.75) is 38.1 Å². The van der Waals surface area contributed by atoms with Crippen molar-refractivity contribution in [3.8, 4) is 0 Å². The molecule has 0 aliphatic heterocycles. The molecule has 4 nitrogen and oxygen atoms in total. The molecule has 0 saturated heterocycles. The van der Waals surface area contributed by atoms with E-state index in [0.717, 1.165) is 5.69 Å². The predicted octanol–water partition coefficient (Wildman–Crippen LogP) is 2.11. The number of rotatable bonds is 3. The Kier molecular flexibility index (Phi) is 2.77. The summed E-state index contributed by atoms with van der Waals surface area (Å²) in [6.07, 6.45) is 6.87. The molecule has 0 bridgehead atoms. The van der Waals surface area contributed by atoms with Crippen LogP contribution in [0.25, 0.3) is 0 Å². The summed E-state index contributed by atoms with van der Waals surface area (Å²) in [5, 5.41) is 3.56. The normalized spacial score (nSPS) is 18.8. The van der Waals surface area contributed by atoms with E-state index in [1.807, 2.05) is 12.1 Å². The maximum Gasteiger partial charge on any atom is 0.141 e. The van der Waals surface area contributed by atoms with Gasteiger partial charge in [-0.2, -0.15) is 0 Å². The lowest BCUT2D eigenvalue weighted by Gasteiger charge is -2.26. The predicted molar refractivity (Wildman–Crippen MR) is 62.5 cm³/mol. The van der Waals surface area contributed by atoms with Crippen LogP contribution in [-0.4, -0.2) is 10.5 Å². The van der Waals surface area contributed by atoms with Crippen molar-refractivity contribution in [3.63, 3.8) is 0 Å². The molecule has 1 saturated carbocycles. The molecule has 4 heteroatoms. The molecular formula is C11H18N4. The molecule has 0 radical (unpaired) electrons. The Morgan fingerprint density at radius 2 is 2.13 bits per heavy atom. The third-order valence-corrected chi connectivity index (χ3v) is 3.06. The van der Waals surface area contributed by atoms with Crippen LogP contribution in [0.1, 0.15) is 32.6 Å². The fourth-order valence-electron chi connectivity index (χ4n) is 2.22. The average molecular weight is 206 g/mol. The van der Waals surface area contributed by atoms with Crippen LogP contribution >= 0.6 is 0 Å². The maximum absolute atomic E-state index is 5.32. The second-order valence-corrected chi connectivity index (χ2v) is 4.47. The van der Waals surface area contributed by atoms with Gasteiger partial charge in [-0.25, -0.2) is 10.8 Å². The molecule has 1 aliphatic carbocycles. The Bertz CT molecular complexity index is 331. The van der Waals surface area contributed by atoms with Crippen molar-refractivity contribution >= 4 is 11.5 Å². The monoisotopic (exact) mass is 206 g/mol. The highest BCUT2D eigenvalue weighted by atomic mass is 15.2. The molecule has 2 rings (SSSR count). The Hall–Kier alpha value is -1.29. The number of hydrogen-bond acceptors (Lipinski definition) is 4. The van der Waals surface area contributed by atoms with Crippen molar-refractivity contribution in [1.29, 1.82) is 0 Å². The highest BCUT2D eigenvalue weighted by Gasteiger charge is 2.28. The zero-order valence-electron chi connectivity index (χ0n) is 9.09. The molecule has 0 spiro atoms. The third-order valence-electron chi connectivity index (χ3n) is 3.06. The van der Waals surface area contributed by atoms with Crippen LogP contribution in [0.5, 0.6) is 0 Å². The number of hydrazine groups is 1. The van der Waals surface area contributed by atoms with Gasteiger partial charge in [-0.1, -0.05) is 12.8 Å². The molecule has 1 aliphatic rings. The van der Waals surface area contributed by atoms with Crippen molar-refractivity contribution in [2.24, 2.45) is 5.84 Å². The van der Waals surface area contributed by atoms with Crippen LogP contribution in [0, 0.1) is 0 Å². The molecule has 1 aromatic heterocycles. The number of pyridine rings is 1. The van der Waals surface area contributed by atoms with E-state index in [2.05, 4.69) is 22.7 Å². The summed E-state index contributed by atoms with van der Waals surface area (Å²) in [5.41, 5.74) is 3.88. The lowest BCUT2D eigenvalue weighted by Crippen LogP contribution is -2.30. The van der Waals surface area contributed by atoms with E-state index in [-0.39, 0.29) is 5.54 Å². The minimum Gasteiger partial charge on any atom is -0.380 e. The van der Waals surface area contributed by atoms with Gasteiger partial charge >= 0.3 is 0 Å². The number of hydrogen-bond donors (Lipinski definition) is 3. The number of nitrogens with zero attached hydrogens (tertiary/aromatic N) is 1. The first-order valence-electron chi connectivity index (χ1n) is 5.43. The highest BCUT2D eigenvalue weighted by molar-refractivity contribution is 5.52. The van der Waals surface area contributed by atoms with Gasteiger partial charge in [0.05, 0.1) is 0 Å². The molecule has 0 amide bonds. The summed E-state index contributed by atoms with van der Waals surface area (Å²) in [6.45, 7) is 2.27. The molecule has 15 heavy (non-hydrogen) atoms. The summed E-state index contributed by atoms with van der Waals surface area (Å²) >= 11 is 0. The van der Waals surface area contributed by atoms with Gasteiger partial charge in [-0.3, -0.25) is 0 Å². The van der Waals surface area contributed by atoms with E-state index in [0.29, 0.717) is 5.82 Å². The Balaban J connectivity index is 2.09. The fraction of sp³-hybridized carbons (Fsp3) is 0.545. The third kappa shape index (κ3) is 2.39. The molecule has 1 heterocycles. The van der Waals surface area contributed by atoms with E-state index in [4.69, 9.17) is 5.84 Å². The van der Waals surface area contributed by atoms with E-state index < -0.39 is 0 Å². The number of nitrogen functional groups attached to an aromatic ring is 1. The van der Waals surface area contributed by atoms with Crippen LogP contribution in [0.2, 0.25) is 0 Å².